The smallest absolute Gasteiger partial charge is 0.317 e. The van der Waals surface area contributed by atoms with Crippen LogP contribution in [0, 0.1) is 5.82 Å². The Kier molecular flexibility index (Phi) is 4.36. The maximum absolute atomic E-state index is 13.5. The number of aromatic nitrogens is 2. The zero-order chi connectivity index (χ0) is 13.8. The zero-order valence-electron chi connectivity index (χ0n) is 9.49. The molecule has 0 N–H and O–H groups in total. The van der Waals surface area contributed by atoms with Gasteiger partial charge in [0.1, 0.15) is 17.0 Å². The highest BCUT2D eigenvalue weighted by Crippen LogP contribution is 2.21. The van der Waals surface area contributed by atoms with Crippen LogP contribution in [-0.4, -0.2) is 9.97 Å². The fourth-order valence-electron chi connectivity index (χ4n) is 1.35. The number of rotatable bonds is 4. The van der Waals surface area contributed by atoms with Crippen LogP contribution in [0.2, 0.25) is 0 Å². The van der Waals surface area contributed by atoms with E-state index in [1.54, 1.807) is 6.07 Å². The highest BCUT2D eigenvalue weighted by molar-refractivity contribution is 9.10. The molecule has 0 bridgehead atoms. The fourth-order valence-corrected chi connectivity index (χ4v) is 1.62. The molecule has 100 valence electrons. The molecule has 0 aliphatic heterocycles. The van der Waals surface area contributed by atoms with Gasteiger partial charge in [0, 0.05) is 17.3 Å². The molecule has 0 saturated heterocycles. The molecule has 0 spiro atoms. The van der Waals surface area contributed by atoms with Crippen LogP contribution in [0.4, 0.5) is 13.2 Å². The van der Waals surface area contributed by atoms with Crippen molar-refractivity contribution in [3.05, 3.63) is 52.0 Å². The van der Waals surface area contributed by atoms with E-state index in [1.807, 2.05) is 0 Å². The van der Waals surface area contributed by atoms with Crippen molar-refractivity contribution in [2.24, 2.45) is 0 Å². The van der Waals surface area contributed by atoms with Crippen molar-refractivity contribution in [2.45, 2.75) is 13.0 Å². The van der Waals surface area contributed by atoms with Gasteiger partial charge >= 0.3 is 6.01 Å². The molecule has 0 amide bonds. The van der Waals surface area contributed by atoms with Gasteiger partial charge < -0.3 is 4.74 Å². The number of hydrogen-bond donors (Lipinski definition) is 0. The fraction of sp³-hybridized carbons (Fsp3) is 0.167. The van der Waals surface area contributed by atoms with E-state index in [1.165, 1.54) is 12.3 Å². The van der Waals surface area contributed by atoms with Crippen molar-refractivity contribution in [3.63, 3.8) is 0 Å². The lowest BCUT2D eigenvalue weighted by Gasteiger charge is -2.07. The topological polar surface area (TPSA) is 35.0 Å². The lowest BCUT2D eigenvalue weighted by molar-refractivity contribution is 0.150. The van der Waals surface area contributed by atoms with Crippen LogP contribution in [0.25, 0.3) is 0 Å². The first-order chi connectivity index (χ1) is 9.06. The number of ether oxygens (including phenoxy) is 1. The number of benzene rings is 1. The van der Waals surface area contributed by atoms with Gasteiger partial charge in [-0.15, -0.1) is 0 Å². The largest absolute Gasteiger partial charge is 0.458 e. The van der Waals surface area contributed by atoms with E-state index in [0.717, 1.165) is 12.1 Å². The van der Waals surface area contributed by atoms with Gasteiger partial charge in [0.25, 0.3) is 6.43 Å². The first kappa shape index (κ1) is 13.8. The predicted molar refractivity (Wildman–Crippen MR) is 65.4 cm³/mol. The Bertz CT molecular complexity index is 581. The van der Waals surface area contributed by atoms with Gasteiger partial charge in [-0.05, 0) is 28.1 Å². The molecule has 0 fully saturated rings. The molecule has 1 aromatic carbocycles. The first-order valence-corrected chi connectivity index (χ1v) is 6.03. The van der Waals surface area contributed by atoms with E-state index in [9.17, 15) is 13.2 Å². The Morgan fingerprint density at radius 2 is 2.05 bits per heavy atom. The van der Waals surface area contributed by atoms with Crippen LogP contribution in [0.5, 0.6) is 6.01 Å². The minimum Gasteiger partial charge on any atom is -0.458 e. The second kappa shape index (κ2) is 6.01. The third kappa shape index (κ3) is 3.66. The maximum atomic E-state index is 13.5. The molecule has 0 aliphatic rings. The molecule has 2 aromatic rings. The summed E-state index contributed by atoms with van der Waals surface area (Å²) in [5, 5.41) is 0. The summed E-state index contributed by atoms with van der Waals surface area (Å²) >= 11 is 3.14. The van der Waals surface area contributed by atoms with E-state index < -0.39 is 12.2 Å². The Morgan fingerprint density at radius 1 is 1.26 bits per heavy atom. The number of hydrogen-bond acceptors (Lipinski definition) is 3. The van der Waals surface area contributed by atoms with Crippen molar-refractivity contribution in [3.8, 4) is 6.01 Å². The molecule has 0 saturated carbocycles. The Morgan fingerprint density at radius 3 is 2.68 bits per heavy atom. The molecule has 0 atom stereocenters. The highest BCUT2D eigenvalue weighted by atomic mass is 79.9. The molecule has 7 heteroatoms. The van der Waals surface area contributed by atoms with Gasteiger partial charge in [-0.2, -0.15) is 4.98 Å². The standard InChI is InChI=1S/C12H8BrF3N2O/c13-10-3-4-17-12(18-10)19-6-8-2-1-7(11(15)16)5-9(8)14/h1-5,11H,6H2. The van der Waals surface area contributed by atoms with Crippen LogP contribution >= 0.6 is 15.9 Å². The summed E-state index contributed by atoms with van der Waals surface area (Å²) in [4.78, 5) is 7.73. The van der Waals surface area contributed by atoms with Gasteiger partial charge in [-0.1, -0.05) is 12.1 Å². The molecular weight excluding hydrogens is 325 g/mol. The monoisotopic (exact) mass is 332 g/mol. The van der Waals surface area contributed by atoms with Gasteiger partial charge in [-0.25, -0.2) is 18.2 Å². The second-order valence-corrected chi connectivity index (χ2v) is 4.41. The summed E-state index contributed by atoms with van der Waals surface area (Å²) in [5.41, 5.74) is -0.201. The zero-order valence-corrected chi connectivity index (χ0v) is 11.1. The predicted octanol–water partition coefficient (Wildman–Crippen LogP) is 3.89. The molecule has 19 heavy (non-hydrogen) atoms. The van der Waals surface area contributed by atoms with E-state index in [0.29, 0.717) is 4.60 Å². The summed E-state index contributed by atoms with van der Waals surface area (Å²) in [6.07, 6.45) is -1.22. The van der Waals surface area contributed by atoms with Crippen LogP contribution in [0.15, 0.2) is 35.1 Å². The van der Waals surface area contributed by atoms with E-state index in [4.69, 9.17) is 4.74 Å². The number of nitrogens with zero attached hydrogens (tertiary/aromatic N) is 2. The van der Waals surface area contributed by atoms with Gasteiger partial charge in [0.2, 0.25) is 0 Å². The number of halogens is 4. The third-order valence-electron chi connectivity index (χ3n) is 2.29. The molecule has 0 radical (unpaired) electrons. The quantitative estimate of drug-likeness (QED) is 0.796. The van der Waals surface area contributed by atoms with Crippen molar-refractivity contribution in [1.82, 2.24) is 9.97 Å². The molecule has 3 nitrogen and oxygen atoms in total. The Labute approximate surface area is 115 Å². The van der Waals surface area contributed by atoms with Crippen molar-refractivity contribution < 1.29 is 17.9 Å². The minimum absolute atomic E-state index is 0.0757. The van der Waals surface area contributed by atoms with Crippen LogP contribution in [0.3, 0.4) is 0 Å². The molecule has 0 unspecified atom stereocenters. The molecule has 2 rings (SSSR count). The highest BCUT2D eigenvalue weighted by Gasteiger charge is 2.11. The Hall–Kier alpha value is -1.63. The summed E-state index contributed by atoms with van der Waals surface area (Å²) in [7, 11) is 0. The molecule has 1 heterocycles. The minimum atomic E-state index is -2.70. The van der Waals surface area contributed by atoms with Crippen LogP contribution < -0.4 is 4.74 Å². The van der Waals surface area contributed by atoms with Gasteiger partial charge in [0.05, 0.1) is 0 Å². The molecule has 1 aromatic heterocycles. The maximum Gasteiger partial charge on any atom is 0.317 e. The molecular formula is C12H8BrF3N2O. The lowest BCUT2D eigenvalue weighted by Crippen LogP contribution is -2.02. The normalized spacial score (nSPS) is 10.8. The average Bonchev–Trinajstić information content (AvgIpc) is 2.37. The SMILES string of the molecule is Fc1cc(C(F)F)ccc1COc1nccc(Br)n1. The second-order valence-electron chi connectivity index (χ2n) is 3.60. The van der Waals surface area contributed by atoms with Crippen LogP contribution in [-0.2, 0) is 6.61 Å². The van der Waals surface area contributed by atoms with E-state index in [2.05, 4.69) is 25.9 Å². The summed E-state index contributed by atoms with van der Waals surface area (Å²) in [6, 6.07) is 4.91. The van der Waals surface area contributed by atoms with Crippen molar-refractivity contribution in [2.75, 3.05) is 0 Å². The lowest BCUT2D eigenvalue weighted by atomic mass is 10.1. The van der Waals surface area contributed by atoms with Gasteiger partial charge in [0.15, 0.2) is 0 Å². The van der Waals surface area contributed by atoms with Gasteiger partial charge in [-0.3, -0.25) is 0 Å². The number of alkyl halides is 2. The summed E-state index contributed by atoms with van der Waals surface area (Å²) in [6.45, 7) is -0.133. The third-order valence-corrected chi connectivity index (χ3v) is 2.73. The van der Waals surface area contributed by atoms with E-state index >= 15 is 0 Å². The summed E-state index contributed by atoms with van der Waals surface area (Å²) < 4.78 is 43.9. The Balaban J connectivity index is 2.07. The van der Waals surface area contributed by atoms with E-state index in [-0.39, 0.29) is 23.7 Å². The van der Waals surface area contributed by atoms with Crippen LogP contribution in [0.1, 0.15) is 17.6 Å². The first-order valence-electron chi connectivity index (χ1n) is 5.24. The molecule has 0 aliphatic carbocycles. The van der Waals surface area contributed by atoms with Crippen molar-refractivity contribution >= 4 is 15.9 Å². The van der Waals surface area contributed by atoms with Crippen molar-refractivity contribution in [1.29, 1.82) is 0 Å². The summed E-state index contributed by atoms with van der Waals surface area (Å²) in [5.74, 6) is -0.743. The average molecular weight is 333 g/mol.